The summed E-state index contributed by atoms with van der Waals surface area (Å²) in [4.78, 5) is 25.7. The molecule has 2 aromatic rings. The largest absolute Gasteiger partial charge is 0.491 e. The van der Waals surface area contributed by atoms with Crippen LogP contribution in [-0.2, 0) is 22.4 Å². The maximum absolute atomic E-state index is 12.9. The van der Waals surface area contributed by atoms with Crippen LogP contribution in [0.25, 0.3) is 0 Å². The molecule has 0 N–H and O–H groups in total. The Kier molecular flexibility index (Phi) is 5.93. The van der Waals surface area contributed by atoms with Gasteiger partial charge in [-0.25, -0.2) is 0 Å². The van der Waals surface area contributed by atoms with Crippen molar-refractivity contribution in [2.75, 3.05) is 5.01 Å². The number of Topliss-reactive ketones (excluding diaryl/α,β-unsaturated/α-hetero) is 1. The number of benzene rings is 2. The van der Waals surface area contributed by atoms with Gasteiger partial charge in [-0.05, 0) is 62.6 Å². The maximum Gasteiger partial charge on any atom is 0.263 e. The molecule has 1 aliphatic rings. The van der Waals surface area contributed by atoms with Gasteiger partial charge in [0.15, 0.2) is 5.78 Å². The lowest BCUT2D eigenvalue weighted by atomic mass is 9.93. The third kappa shape index (κ3) is 4.30. The fraction of sp³-hybridized carbons (Fsp3) is 0.348. The van der Waals surface area contributed by atoms with Crippen molar-refractivity contribution in [2.24, 2.45) is 11.0 Å². The maximum atomic E-state index is 12.9. The Hall–Kier alpha value is -2.95. The van der Waals surface area contributed by atoms with Gasteiger partial charge in [0.05, 0.1) is 17.5 Å². The predicted molar refractivity (Wildman–Crippen MR) is 111 cm³/mol. The molecule has 146 valence electrons. The standard InChI is InChI=1S/C23H26N2O3/c1-5-17-7-6-8-18(13-17)14-21(26)22-16(4)24-25(23(22)27)19-9-11-20(12-10-19)28-15(2)3/h6-13,15,22H,5,14H2,1-4H3. The summed E-state index contributed by atoms with van der Waals surface area (Å²) in [7, 11) is 0. The molecule has 0 spiro atoms. The van der Waals surface area contributed by atoms with E-state index in [1.54, 1.807) is 31.2 Å². The third-order valence-corrected chi connectivity index (χ3v) is 4.68. The minimum Gasteiger partial charge on any atom is -0.491 e. The summed E-state index contributed by atoms with van der Waals surface area (Å²) in [5.41, 5.74) is 3.27. The molecule has 0 radical (unpaired) electrons. The molecule has 0 saturated carbocycles. The zero-order chi connectivity index (χ0) is 20.3. The van der Waals surface area contributed by atoms with Gasteiger partial charge in [-0.1, -0.05) is 31.2 Å². The highest BCUT2D eigenvalue weighted by atomic mass is 16.5. The average Bonchev–Trinajstić information content (AvgIpc) is 2.96. The summed E-state index contributed by atoms with van der Waals surface area (Å²) in [6.07, 6.45) is 1.22. The lowest BCUT2D eigenvalue weighted by molar-refractivity contribution is -0.128. The highest BCUT2D eigenvalue weighted by Crippen LogP contribution is 2.27. The highest BCUT2D eigenvalue weighted by Gasteiger charge is 2.39. The number of carbonyl (C=O) groups is 2. The smallest absolute Gasteiger partial charge is 0.263 e. The molecule has 5 heteroatoms. The van der Waals surface area contributed by atoms with Crippen molar-refractivity contribution in [2.45, 2.75) is 46.6 Å². The Labute approximate surface area is 166 Å². The molecule has 0 fully saturated rings. The summed E-state index contributed by atoms with van der Waals surface area (Å²) in [6, 6.07) is 15.1. The van der Waals surface area contributed by atoms with Crippen molar-refractivity contribution in [3.8, 4) is 5.75 Å². The number of carbonyl (C=O) groups excluding carboxylic acids is 2. The van der Waals surface area contributed by atoms with Gasteiger partial charge in [-0.3, -0.25) is 9.59 Å². The fourth-order valence-corrected chi connectivity index (χ4v) is 3.32. The number of amides is 1. The second kappa shape index (κ2) is 8.38. The van der Waals surface area contributed by atoms with E-state index in [0.29, 0.717) is 11.4 Å². The van der Waals surface area contributed by atoms with Crippen LogP contribution in [0.4, 0.5) is 5.69 Å². The van der Waals surface area contributed by atoms with Crippen molar-refractivity contribution in [1.29, 1.82) is 0 Å². The van der Waals surface area contributed by atoms with E-state index >= 15 is 0 Å². The summed E-state index contributed by atoms with van der Waals surface area (Å²) < 4.78 is 5.63. The normalized spacial score (nSPS) is 16.5. The van der Waals surface area contributed by atoms with Crippen molar-refractivity contribution in [3.63, 3.8) is 0 Å². The minimum absolute atomic E-state index is 0.0766. The third-order valence-electron chi connectivity index (χ3n) is 4.68. The Balaban J connectivity index is 1.73. The molecule has 5 nitrogen and oxygen atoms in total. The molecule has 1 amide bonds. The Bertz CT molecular complexity index is 900. The molecule has 0 saturated heterocycles. The first-order valence-corrected chi connectivity index (χ1v) is 9.65. The summed E-state index contributed by atoms with van der Waals surface area (Å²) in [5, 5.41) is 5.67. The van der Waals surface area contributed by atoms with E-state index in [2.05, 4.69) is 12.0 Å². The predicted octanol–water partition coefficient (Wildman–Crippen LogP) is 4.19. The Morgan fingerprint density at radius 2 is 1.82 bits per heavy atom. The summed E-state index contributed by atoms with van der Waals surface area (Å²) in [5.74, 6) is -0.514. The lowest BCUT2D eigenvalue weighted by Crippen LogP contribution is -2.33. The molecule has 1 heterocycles. The number of hydrogen-bond acceptors (Lipinski definition) is 4. The molecule has 0 bridgehead atoms. The van der Waals surface area contributed by atoms with Crippen LogP contribution < -0.4 is 9.75 Å². The van der Waals surface area contributed by atoms with Gasteiger partial charge in [0.1, 0.15) is 11.7 Å². The second-order valence-corrected chi connectivity index (χ2v) is 7.30. The van der Waals surface area contributed by atoms with Crippen LogP contribution in [-0.4, -0.2) is 23.5 Å². The number of ether oxygens (including phenoxy) is 1. The van der Waals surface area contributed by atoms with Gasteiger partial charge < -0.3 is 4.74 Å². The van der Waals surface area contributed by atoms with E-state index in [1.807, 2.05) is 38.1 Å². The number of rotatable bonds is 7. The zero-order valence-electron chi connectivity index (χ0n) is 16.8. The first kappa shape index (κ1) is 19.8. The zero-order valence-corrected chi connectivity index (χ0v) is 16.8. The van der Waals surface area contributed by atoms with E-state index in [1.165, 1.54) is 10.6 Å². The van der Waals surface area contributed by atoms with E-state index in [9.17, 15) is 9.59 Å². The van der Waals surface area contributed by atoms with Crippen molar-refractivity contribution >= 4 is 23.1 Å². The Morgan fingerprint density at radius 1 is 1.14 bits per heavy atom. The van der Waals surface area contributed by atoms with Crippen LogP contribution in [0.5, 0.6) is 5.75 Å². The number of hydrazone groups is 1. The van der Waals surface area contributed by atoms with Crippen LogP contribution in [0.15, 0.2) is 53.6 Å². The van der Waals surface area contributed by atoms with Gasteiger partial charge in [0, 0.05) is 6.42 Å². The fourth-order valence-electron chi connectivity index (χ4n) is 3.32. The van der Waals surface area contributed by atoms with Gasteiger partial charge in [0.25, 0.3) is 5.91 Å². The van der Waals surface area contributed by atoms with E-state index in [-0.39, 0.29) is 24.2 Å². The van der Waals surface area contributed by atoms with Crippen LogP contribution >= 0.6 is 0 Å². The number of aryl methyl sites for hydroxylation is 1. The topological polar surface area (TPSA) is 59.0 Å². The molecular formula is C23H26N2O3. The minimum atomic E-state index is -0.822. The SMILES string of the molecule is CCc1cccc(CC(=O)C2C(=O)N(c3ccc(OC(C)C)cc3)N=C2C)c1. The van der Waals surface area contributed by atoms with Gasteiger partial charge in [-0.15, -0.1) is 0 Å². The first-order chi connectivity index (χ1) is 13.4. The van der Waals surface area contributed by atoms with E-state index in [4.69, 9.17) is 4.74 Å². The molecule has 1 unspecified atom stereocenters. The van der Waals surface area contributed by atoms with Crippen molar-refractivity contribution < 1.29 is 14.3 Å². The van der Waals surface area contributed by atoms with Crippen molar-refractivity contribution in [1.82, 2.24) is 0 Å². The molecular weight excluding hydrogens is 352 g/mol. The molecule has 0 aliphatic carbocycles. The lowest BCUT2D eigenvalue weighted by Gasteiger charge is -2.15. The number of anilines is 1. The molecule has 2 aromatic carbocycles. The van der Waals surface area contributed by atoms with Gasteiger partial charge >= 0.3 is 0 Å². The summed E-state index contributed by atoms with van der Waals surface area (Å²) >= 11 is 0. The number of nitrogens with zero attached hydrogens (tertiary/aromatic N) is 2. The molecule has 28 heavy (non-hydrogen) atoms. The number of hydrogen-bond donors (Lipinski definition) is 0. The second-order valence-electron chi connectivity index (χ2n) is 7.30. The van der Waals surface area contributed by atoms with Crippen LogP contribution in [0.3, 0.4) is 0 Å². The van der Waals surface area contributed by atoms with Crippen LogP contribution in [0.2, 0.25) is 0 Å². The van der Waals surface area contributed by atoms with Crippen LogP contribution in [0, 0.1) is 5.92 Å². The molecule has 3 rings (SSSR count). The number of ketones is 1. The molecule has 1 atom stereocenters. The van der Waals surface area contributed by atoms with Gasteiger partial charge in [-0.2, -0.15) is 10.1 Å². The average molecular weight is 378 g/mol. The van der Waals surface area contributed by atoms with Gasteiger partial charge in [0.2, 0.25) is 0 Å². The van der Waals surface area contributed by atoms with E-state index in [0.717, 1.165) is 17.7 Å². The Morgan fingerprint density at radius 3 is 2.46 bits per heavy atom. The highest BCUT2D eigenvalue weighted by molar-refractivity contribution is 6.27. The molecule has 0 aromatic heterocycles. The summed E-state index contributed by atoms with van der Waals surface area (Å²) in [6.45, 7) is 7.72. The van der Waals surface area contributed by atoms with Crippen molar-refractivity contribution in [3.05, 3.63) is 59.7 Å². The van der Waals surface area contributed by atoms with E-state index < -0.39 is 5.92 Å². The molecule has 1 aliphatic heterocycles. The quantitative estimate of drug-likeness (QED) is 0.679. The first-order valence-electron chi connectivity index (χ1n) is 9.65. The van der Waals surface area contributed by atoms with Crippen LogP contribution in [0.1, 0.15) is 38.8 Å². The monoisotopic (exact) mass is 378 g/mol.